The van der Waals surface area contributed by atoms with Crippen LogP contribution in [-0.2, 0) is 14.4 Å². The summed E-state index contributed by atoms with van der Waals surface area (Å²) in [6.45, 7) is 5.52. The first kappa shape index (κ1) is 19.2. The van der Waals surface area contributed by atoms with Crippen LogP contribution in [0.4, 0.5) is 5.69 Å². The molecule has 3 atom stereocenters. The Kier molecular flexibility index (Phi) is 6.73. The second-order valence-corrected chi connectivity index (χ2v) is 7.01. The molecule has 0 radical (unpaired) electrons. The number of unbranched alkanes of at least 4 members (excludes halogenated alkanes) is 1. The lowest BCUT2D eigenvalue weighted by molar-refractivity contribution is -0.126. The van der Waals surface area contributed by atoms with E-state index in [-0.39, 0.29) is 29.6 Å². The van der Waals surface area contributed by atoms with Crippen molar-refractivity contribution in [3.63, 3.8) is 0 Å². The van der Waals surface area contributed by atoms with Crippen molar-refractivity contribution in [3.05, 3.63) is 30.3 Å². The zero-order valence-corrected chi connectivity index (χ0v) is 15.3. The number of carbonyl (C=O) groups excluding carboxylic acids is 3. The number of nitrogens with zero attached hydrogens (tertiary/aromatic N) is 1. The third-order valence-electron chi connectivity index (χ3n) is 4.91. The van der Waals surface area contributed by atoms with E-state index in [0.717, 1.165) is 24.9 Å². The third-order valence-corrected chi connectivity index (χ3v) is 4.91. The average molecular weight is 344 g/mol. The number of benzene rings is 1. The summed E-state index contributed by atoms with van der Waals surface area (Å²) in [5.41, 5.74) is 0.870. The average Bonchev–Trinajstić information content (AvgIpc) is 2.85. The number of Topliss-reactive ketones (excluding diaryl/α,β-unsaturated/α-hetero) is 1. The first-order chi connectivity index (χ1) is 11.9. The molecule has 0 saturated carbocycles. The molecule has 25 heavy (non-hydrogen) atoms. The number of anilines is 1. The zero-order valence-electron chi connectivity index (χ0n) is 15.3. The fraction of sp³-hybridized carbons (Fsp3) is 0.550. The van der Waals surface area contributed by atoms with Gasteiger partial charge < -0.3 is 10.2 Å². The van der Waals surface area contributed by atoms with E-state index in [9.17, 15) is 14.4 Å². The van der Waals surface area contributed by atoms with Crippen LogP contribution in [0.3, 0.4) is 0 Å². The number of carbonyl (C=O) groups is 3. The molecule has 1 saturated heterocycles. The van der Waals surface area contributed by atoms with Gasteiger partial charge in [-0.2, -0.15) is 0 Å². The molecule has 1 heterocycles. The molecule has 1 aromatic rings. The molecule has 2 amide bonds. The lowest BCUT2D eigenvalue weighted by Crippen LogP contribution is -2.41. The molecule has 0 bridgehead atoms. The maximum Gasteiger partial charge on any atom is 0.249 e. The first-order valence-electron chi connectivity index (χ1n) is 9.08. The highest BCUT2D eigenvalue weighted by molar-refractivity contribution is 6.01. The Morgan fingerprint density at radius 3 is 2.56 bits per heavy atom. The number of hydrogen-bond donors (Lipinski definition) is 1. The molecule has 1 aliphatic rings. The highest BCUT2D eigenvalue weighted by Gasteiger charge is 2.38. The van der Waals surface area contributed by atoms with E-state index in [1.54, 1.807) is 11.8 Å². The monoisotopic (exact) mass is 344 g/mol. The van der Waals surface area contributed by atoms with Crippen molar-refractivity contribution in [1.29, 1.82) is 0 Å². The van der Waals surface area contributed by atoms with Crippen molar-refractivity contribution < 1.29 is 14.4 Å². The van der Waals surface area contributed by atoms with Gasteiger partial charge in [-0.25, -0.2) is 0 Å². The van der Waals surface area contributed by atoms with E-state index in [0.29, 0.717) is 12.8 Å². The minimum Gasteiger partial charge on any atom is -0.344 e. The van der Waals surface area contributed by atoms with Gasteiger partial charge in [-0.3, -0.25) is 14.4 Å². The van der Waals surface area contributed by atoms with E-state index in [1.165, 1.54) is 0 Å². The quantitative estimate of drug-likeness (QED) is 0.737. The Labute approximate surface area is 149 Å². The molecule has 1 aliphatic heterocycles. The van der Waals surface area contributed by atoms with Gasteiger partial charge in [0.15, 0.2) is 0 Å². The largest absolute Gasteiger partial charge is 0.344 e. The van der Waals surface area contributed by atoms with E-state index >= 15 is 0 Å². The van der Waals surface area contributed by atoms with Gasteiger partial charge >= 0.3 is 0 Å². The summed E-state index contributed by atoms with van der Waals surface area (Å²) < 4.78 is 0. The van der Waals surface area contributed by atoms with Crippen LogP contribution in [0, 0.1) is 5.92 Å². The number of rotatable bonds is 8. The van der Waals surface area contributed by atoms with Crippen LogP contribution in [-0.4, -0.2) is 29.7 Å². The molecule has 1 fully saturated rings. The van der Waals surface area contributed by atoms with Crippen LogP contribution in [0.2, 0.25) is 0 Å². The van der Waals surface area contributed by atoms with Crippen molar-refractivity contribution in [2.24, 2.45) is 5.92 Å². The Bertz CT molecular complexity index is 615. The lowest BCUT2D eigenvalue weighted by Gasteiger charge is -2.21. The number of para-hydroxylation sites is 1. The maximum atomic E-state index is 12.6. The van der Waals surface area contributed by atoms with Crippen molar-refractivity contribution in [1.82, 2.24) is 5.32 Å². The van der Waals surface area contributed by atoms with Crippen molar-refractivity contribution in [2.75, 3.05) is 4.90 Å². The van der Waals surface area contributed by atoms with Crippen molar-refractivity contribution in [2.45, 2.75) is 65.0 Å². The molecule has 0 unspecified atom stereocenters. The highest BCUT2D eigenvalue weighted by atomic mass is 16.2. The number of ketones is 1. The van der Waals surface area contributed by atoms with Gasteiger partial charge in [0.1, 0.15) is 11.8 Å². The normalized spacial score (nSPS) is 21.2. The van der Waals surface area contributed by atoms with Gasteiger partial charge in [0.05, 0.1) is 0 Å². The number of amides is 2. The van der Waals surface area contributed by atoms with E-state index < -0.39 is 6.04 Å². The van der Waals surface area contributed by atoms with Crippen LogP contribution in [0.25, 0.3) is 0 Å². The molecule has 0 spiro atoms. The number of hydrogen-bond acceptors (Lipinski definition) is 3. The Morgan fingerprint density at radius 1 is 1.24 bits per heavy atom. The molecule has 1 N–H and O–H groups in total. The van der Waals surface area contributed by atoms with Crippen LogP contribution in [0.5, 0.6) is 0 Å². The SMILES string of the molecule is CC(=O)[C@H](C)CCCCC(=O)N[C@H]1C[C@H](C)N(c2ccccc2)C1=O. The van der Waals surface area contributed by atoms with Gasteiger partial charge in [0.2, 0.25) is 11.8 Å². The smallest absolute Gasteiger partial charge is 0.249 e. The van der Waals surface area contributed by atoms with Gasteiger partial charge in [-0.15, -0.1) is 0 Å². The summed E-state index contributed by atoms with van der Waals surface area (Å²) >= 11 is 0. The summed E-state index contributed by atoms with van der Waals surface area (Å²) in [6.07, 6.45) is 3.42. The molecule has 5 heteroatoms. The Morgan fingerprint density at radius 2 is 1.92 bits per heavy atom. The predicted octanol–water partition coefficient (Wildman–Crippen LogP) is 3.08. The van der Waals surface area contributed by atoms with Crippen molar-refractivity contribution in [3.8, 4) is 0 Å². The van der Waals surface area contributed by atoms with Crippen molar-refractivity contribution >= 4 is 23.3 Å². The van der Waals surface area contributed by atoms with Crippen LogP contribution < -0.4 is 10.2 Å². The molecule has 2 rings (SSSR count). The third kappa shape index (κ3) is 5.15. The van der Waals surface area contributed by atoms with Gasteiger partial charge in [-0.1, -0.05) is 31.5 Å². The van der Waals surface area contributed by atoms with Gasteiger partial charge in [0, 0.05) is 24.1 Å². The van der Waals surface area contributed by atoms with E-state index in [1.807, 2.05) is 44.2 Å². The Hall–Kier alpha value is -2.17. The van der Waals surface area contributed by atoms with E-state index in [4.69, 9.17) is 0 Å². The van der Waals surface area contributed by atoms with Crippen LogP contribution >= 0.6 is 0 Å². The van der Waals surface area contributed by atoms with Crippen LogP contribution in [0.15, 0.2) is 30.3 Å². The number of nitrogens with one attached hydrogen (secondary N) is 1. The fourth-order valence-electron chi connectivity index (χ4n) is 3.23. The topological polar surface area (TPSA) is 66.5 Å². The molecule has 0 aliphatic carbocycles. The molecular weight excluding hydrogens is 316 g/mol. The molecule has 136 valence electrons. The lowest BCUT2D eigenvalue weighted by atomic mass is 10.00. The van der Waals surface area contributed by atoms with Gasteiger partial charge in [0.25, 0.3) is 0 Å². The molecule has 1 aromatic carbocycles. The highest BCUT2D eigenvalue weighted by Crippen LogP contribution is 2.26. The molecule has 0 aromatic heterocycles. The van der Waals surface area contributed by atoms with Gasteiger partial charge in [-0.05, 0) is 45.2 Å². The summed E-state index contributed by atoms with van der Waals surface area (Å²) in [5.74, 6) is 0.115. The summed E-state index contributed by atoms with van der Waals surface area (Å²) in [6, 6.07) is 9.17. The molecule has 5 nitrogen and oxygen atoms in total. The van der Waals surface area contributed by atoms with E-state index in [2.05, 4.69) is 5.32 Å². The standard InChI is InChI=1S/C20H28N2O3/c1-14(16(3)23)9-7-8-12-19(24)21-18-13-15(2)22(20(18)25)17-10-5-4-6-11-17/h4-6,10-11,14-15,18H,7-9,12-13H2,1-3H3,(H,21,24)/t14-,15+,18+/m1/s1. The summed E-state index contributed by atoms with van der Waals surface area (Å²) in [5, 5.41) is 2.87. The predicted molar refractivity (Wildman–Crippen MR) is 98.3 cm³/mol. The first-order valence-corrected chi connectivity index (χ1v) is 9.08. The zero-order chi connectivity index (χ0) is 18.4. The minimum absolute atomic E-state index is 0.0442. The molecular formula is C20H28N2O3. The second-order valence-electron chi connectivity index (χ2n) is 7.01. The maximum absolute atomic E-state index is 12.6. The summed E-state index contributed by atoms with van der Waals surface area (Å²) in [4.78, 5) is 37.7. The Balaban J connectivity index is 1.80. The van der Waals surface area contributed by atoms with Crippen LogP contribution in [0.1, 0.15) is 52.9 Å². The fourth-order valence-corrected chi connectivity index (χ4v) is 3.23. The minimum atomic E-state index is -0.446. The second kappa shape index (κ2) is 8.79. The summed E-state index contributed by atoms with van der Waals surface area (Å²) in [7, 11) is 0.